The zero-order valence-corrected chi connectivity index (χ0v) is 13.1. The third kappa shape index (κ3) is 8.50. The van der Waals surface area contributed by atoms with Crippen LogP contribution in [0.1, 0.15) is 47.0 Å². The summed E-state index contributed by atoms with van der Waals surface area (Å²) >= 11 is 0. The predicted octanol–water partition coefficient (Wildman–Crippen LogP) is 1.09. The molecular weight excluding hydrogens is 260 g/mol. The smallest absolute Gasteiger partial charge is 0.306 e. The molecule has 0 fully saturated rings. The van der Waals surface area contributed by atoms with Gasteiger partial charge in [0.25, 0.3) is 0 Å². The fourth-order valence-electron chi connectivity index (χ4n) is 1.57. The average Bonchev–Trinajstić information content (AvgIpc) is 2.33. The molecule has 116 valence electrons. The number of hydrogen-bond acceptors (Lipinski definition) is 4. The van der Waals surface area contributed by atoms with Crippen LogP contribution >= 0.6 is 0 Å². The average molecular weight is 286 g/mol. The largest absolute Gasteiger partial charge is 0.460 e. The number of carbonyl (C=O) groups excluding carboxylic acids is 3. The minimum atomic E-state index is -0.550. The minimum absolute atomic E-state index is 0.0253. The summed E-state index contributed by atoms with van der Waals surface area (Å²) in [6, 6.07) is 0. The van der Waals surface area contributed by atoms with Crippen molar-refractivity contribution in [2.75, 3.05) is 20.1 Å². The third-order valence-corrected chi connectivity index (χ3v) is 2.42. The van der Waals surface area contributed by atoms with Gasteiger partial charge in [0.05, 0.1) is 13.0 Å². The summed E-state index contributed by atoms with van der Waals surface area (Å²) in [5.74, 6) is -0.826. The molecule has 2 amide bonds. The van der Waals surface area contributed by atoms with Gasteiger partial charge in [0.15, 0.2) is 0 Å². The second-order valence-electron chi connectivity index (χ2n) is 5.57. The van der Waals surface area contributed by atoms with Crippen LogP contribution in [0.4, 0.5) is 0 Å². The van der Waals surface area contributed by atoms with Crippen LogP contribution in [0.15, 0.2) is 0 Å². The van der Waals surface area contributed by atoms with Crippen molar-refractivity contribution in [2.45, 2.75) is 52.6 Å². The predicted molar refractivity (Wildman–Crippen MR) is 76.0 cm³/mol. The molecule has 0 aliphatic carbocycles. The molecule has 0 aromatic rings. The third-order valence-electron chi connectivity index (χ3n) is 2.42. The van der Waals surface area contributed by atoms with Crippen LogP contribution in [-0.4, -0.2) is 48.4 Å². The lowest BCUT2D eigenvalue weighted by molar-refractivity contribution is -0.156. The lowest BCUT2D eigenvalue weighted by Crippen LogP contribution is -2.40. The number of esters is 1. The number of carbonyl (C=O) groups is 3. The van der Waals surface area contributed by atoms with Crippen molar-refractivity contribution in [3.63, 3.8) is 0 Å². The van der Waals surface area contributed by atoms with Crippen LogP contribution in [0, 0.1) is 0 Å². The van der Waals surface area contributed by atoms with E-state index in [0.29, 0.717) is 6.54 Å². The summed E-state index contributed by atoms with van der Waals surface area (Å²) in [4.78, 5) is 36.3. The van der Waals surface area contributed by atoms with E-state index in [4.69, 9.17) is 4.74 Å². The number of hydrogen-bond donors (Lipinski definition) is 1. The van der Waals surface area contributed by atoms with E-state index in [0.717, 1.165) is 6.42 Å². The number of nitrogens with one attached hydrogen (secondary N) is 1. The van der Waals surface area contributed by atoms with Crippen LogP contribution in [0.25, 0.3) is 0 Å². The number of rotatable bonds is 7. The van der Waals surface area contributed by atoms with Crippen molar-refractivity contribution in [3.8, 4) is 0 Å². The molecule has 0 aromatic carbocycles. The highest BCUT2D eigenvalue weighted by molar-refractivity contribution is 5.86. The standard InChI is InChI=1S/C14H26N2O4/c1-6-9-16(10-11(17)15-5)12(18)7-8-13(19)20-14(2,3)4/h6-10H2,1-5H3,(H,15,17). The fraction of sp³-hybridized carbons (Fsp3) is 0.786. The van der Waals surface area contributed by atoms with E-state index >= 15 is 0 Å². The topological polar surface area (TPSA) is 75.7 Å². The molecule has 0 aliphatic heterocycles. The van der Waals surface area contributed by atoms with E-state index in [9.17, 15) is 14.4 Å². The highest BCUT2D eigenvalue weighted by atomic mass is 16.6. The molecule has 0 saturated carbocycles. The van der Waals surface area contributed by atoms with E-state index in [1.54, 1.807) is 20.8 Å². The molecule has 0 heterocycles. The summed E-state index contributed by atoms with van der Waals surface area (Å²) in [5.41, 5.74) is -0.550. The molecule has 0 aromatic heterocycles. The number of nitrogens with zero attached hydrogens (tertiary/aromatic N) is 1. The number of ether oxygens (including phenoxy) is 1. The molecule has 0 unspecified atom stereocenters. The van der Waals surface area contributed by atoms with Gasteiger partial charge in [0.1, 0.15) is 5.60 Å². The molecule has 1 N–H and O–H groups in total. The van der Waals surface area contributed by atoms with Crippen molar-refractivity contribution in [1.29, 1.82) is 0 Å². The fourth-order valence-corrected chi connectivity index (χ4v) is 1.57. The zero-order chi connectivity index (χ0) is 15.8. The Labute approximate surface area is 120 Å². The van der Waals surface area contributed by atoms with Crippen LogP contribution in [0.5, 0.6) is 0 Å². The molecule has 0 atom stereocenters. The molecule has 0 bridgehead atoms. The van der Waals surface area contributed by atoms with Crippen LogP contribution in [0.3, 0.4) is 0 Å². The summed E-state index contributed by atoms with van der Waals surface area (Å²) in [7, 11) is 1.53. The molecule has 0 rings (SSSR count). The molecule has 20 heavy (non-hydrogen) atoms. The van der Waals surface area contributed by atoms with Gasteiger partial charge in [-0.2, -0.15) is 0 Å². The van der Waals surface area contributed by atoms with Gasteiger partial charge in [0, 0.05) is 20.0 Å². The molecule has 0 radical (unpaired) electrons. The van der Waals surface area contributed by atoms with E-state index in [-0.39, 0.29) is 31.2 Å². The molecule has 0 saturated heterocycles. The summed E-state index contributed by atoms with van der Waals surface area (Å²) in [6.45, 7) is 7.79. The van der Waals surface area contributed by atoms with Crippen molar-refractivity contribution >= 4 is 17.8 Å². The van der Waals surface area contributed by atoms with Crippen LogP contribution in [0.2, 0.25) is 0 Å². The molecule has 6 heteroatoms. The van der Waals surface area contributed by atoms with E-state index in [1.807, 2.05) is 6.92 Å². The maximum Gasteiger partial charge on any atom is 0.306 e. The molecular formula is C14H26N2O4. The van der Waals surface area contributed by atoms with Crippen LogP contribution in [-0.2, 0) is 19.1 Å². The van der Waals surface area contributed by atoms with Gasteiger partial charge in [-0.3, -0.25) is 14.4 Å². The van der Waals surface area contributed by atoms with E-state index in [2.05, 4.69) is 5.32 Å². The van der Waals surface area contributed by atoms with Gasteiger partial charge in [-0.15, -0.1) is 0 Å². The zero-order valence-electron chi connectivity index (χ0n) is 13.1. The lowest BCUT2D eigenvalue weighted by atomic mass is 10.2. The Morgan fingerprint density at radius 2 is 1.75 bits per heavy atom. The Balaban J connectivity index is 4.32. The maximum atomic E-state index is 12.0. The first kappa shape index (κ1) is 18.4. The van der Waals surface area contributed by atoms with Gasteiger partial charge < -0.3 is 15.0 Å². The second-order valence-corrected chi connectivity index (χ2v) is 5.57. The Morgan fingerprint density at radius 3 is 2.20 bits per heavy atom. The highest BCUT2D eigenvalue weighted by Crippen LogP contribution is 2.10. The SMILES string of the molecule is CCCN(CC(=O)NC)C(=O)CCC(=O)OC(C)(C)C. The van der Waals surface area contributed by atoms with Crippen molar-refractivity contribution < 1.29 is 19.1 Å². The van der Waals surface area contributed by atoms with Gasteiger partial charge >= 0.3 is 5.97 Å². The van der Waals surface area contributed by atoms with Crippen LogP contribution < -0.4 is 5.32 Å². The van der Waals surface area contributed by atoms with Gasteiger partial charge in [-0.1, -0.05) is 6.92 Å². The summed E-state index contributed by atoms with van der Waals surface area (Å²) < 4.78 is 5.14. The van der Waals surface area contributed by atoms with E-state index in [1.165, 1.54) is 11.9 Å². The minimum Gasteiger partial charge on any atom is -0.460 e. The first-order valence-electron chi connectivity index (χ1n) is 6.89. The number of likely N-dealkylation sites (N-methyl/N-ethyl adjacent to an activating group) is 1. The normalized spacial score (nSPS) is 10.8. The quantitative estimate of drug-likeness (QED) is 0.711. The second kappa shape index (κ2) is 8.55. The van der Waals surface area contributed by atoms with Crippen molar-refractivity contribution in [3.05, 3.63) is 0 Å². The first-order chi connectivity index (χ1) is 9.19. The van der Waals surface area contributed by atoms with Gasteiger partial charge in [-0.25, -0.2) is 0 Å². The summed E-state index contributed by atoms with van der Waals surface area (Å²) in [5, 5.41) is 2.48. The monoisotopic (exact) mass is 286 g/mol. The highest BCUT2D eigenvalue weighted by Gasteiger charge is 2.20. The van der Waals surface area contributed by atoms with Gasteiger partial charge in [0.2, 0.25) is 11.8 Å². The first-order valence-corrected chi connectivity index (χ1v) is 6.89. The summed E-state index contributed by atoms with van der Waals surface area (Å²) in [6.07, 6.45) is 0.852. The maximum absolute atomic E-state index is 12.0. The lowest BCUT2D eigenvalue weighted by Gasteiger charge is -2.22. The molecule has 0 spiro atoms. The van der Waals surface area contributed by atoms with Crippen molar-refractivity contribution in [1.82, 2.24) is 10.2 Å². The van der Waals surface area contributed by atoms with Crippen molar-refractivity contribution in [2.24, 2.45) is 0 Å². The number of amides is 2. The molecule has 6 nitrogen and oxygen atoms in total. The van der Waals surface area contributed by atoms with Gasteiger partial charge in [-0.05, 0) is 27.2 Å². The van der Waals surface area contributed by atoms with E-state index < -0.39 is 11.6 Å². The Hall–Kier alpha value is -1.59. The Bertz CT molecular complexity index is 348. The molecule has 0 aliphatic rings. The Kier molecular flexibility index (Phi) is 7.87. The Morgan fingerprint density at radius 1 is 1.15 bits per heavy atom.